The molecule has 1 aromatic carbocycles. The zero-order valence-corrected chi connectivity index (χ0v) is 18.6. The number of carbonyl (C=O) groups is 3. The lowest BCUT2D eigenvalue weighted by Crippen LogP contribution is -2.48. The summed E-state index contributed by atoms with van der Waals surface area (Å²) >= 11 is 0. The lowest BCUT2D eigenvalue weighted by atomic mass is 9.49. The monoisotopic (exact) mass is 426 g/mol. The van der Waals surface area contributed by atoms with Gasteiger partial charge in [-0.05, 0) is 81.1 Å². The lowest BCUT2D eigenvalue weighted by molar-refractivity contribution is -0.154. The van der Waals surface area contributed by atoms with E-state index in [1.54, 1.807) is 6.92 Å². The van der Waals surface area contributed by atoms with Crippen LogP contribution < -0.4 is 10.6 Å². The summed E-state index contributed by atoms with van der Waals surface area (Å²) in [6, 6.07) is 7.87. The van der Waals surface area contributed by atoms with Crippen molar-refractivity contribution in [3.05, 3.63) is 35.4 Å². The number of amides is 2. The number of benzene rings is 1. The minimum Gasteiger partial charge on any atom is -0.451 e. The van der Waals surface area contributed by atoms with Crippen LogP contribution in [0.15, 0.2) is 24.3 Å². The molecule has 0 heterocycles. The zero-order chi connectivity index (χ0) is 22.0. The van der Waals surface area contributed by atoms with E-state index in [-0.39, 0.29) is 23.8 Å². The van der Waals surface area contributed by atoms with Crippen LogP contribution in [0.25, 0.3) is 0 Å². The molecule has 6 nitrogen and oxygen atoms in total. The van der Waals surface area contributed by atoms with Crippen LogP contribution in [0.1, 0.15) is 63.0 Å². The molecule has 1 atom stereocenters. The van der Waals surface area contributed by atoms with Gasteiger partial charge in [0, 0.05) is 13.0 Å². The third-order valence-corrected chi connectivity index (χ3v) is 7.40. The molecule has 2 N–H and O–H groups in total. The molecule has 0 saturated heterocycles. The molecule has 0 aromatic heterocycles. The molecule has 4 aliphatic carbocycles. The van der Waals surface area contributed by atoms with E-state index in [4.69, 9.17) is 4.74 Å². The topological polar surface area (TPSA) is 84.5 Å². The standard InChI is InChI=1S/C25H34N2O4/c1-16-3-5-18(6-4-16)14-27-24(30)17(2)31-23(29)15-26-22(28)13-25-10-19-7-20(11-25)9-21(8-19)12-25/h3-6,17,19-21H,7-15H2,1-2H3,(H,26,28)(H,27,30)/t17-,19?,20?,21?,25?/m0/s1. The molecule has 168 valence electrons. The van der Waals surface area contributed by atoms with Crippen LogP contribution in [0.3, 0.4) is 0 Å². The van der Waals surface area contributed by atoms with Crippen LogP contribution in [0.4, 0.5) is 0 Å². The molecule has 0 aliphatic heterocycles. The van der Waals surface area contributed by atoms with Crippen LogP contribution in [0.5, 0.6) is 0 Å². The lowest BCUT2D eigenvalue weighted by Gasteiger charge is -2.56. The molecule has 4 saturated carbocycles. The van der Waals surface area contributed by atoms with Crippen molar-refractivity contribution < 1.29 is 19.1 Å². The molecule has 5 rings (SSSR count). The number of ether oxygens (including phenoxy) is 1. The normalized spacial score (nSPS) is 29.3. The third kappa shape index (κ3) is 5.46. The second kappa shape index (κ2) is 9.01. The summed E-state index contributed by atoms with van der Waals surface area (Å²) in [6.45, 7) is 3.73. The number of hydrogen-bond donors (Lipinski definition) is 2. The van der Waals surface area contributed by atoms with Crippen LogP contribution in [0.2, 0.25) is 0 Å². The second-order valence-electron chi connectivity index (χ2n) is 10.2. The molecule has 1 aromatic rings. The Bertz CT molecular complexity index is 797. The summed E-state index contributed by atoms with van der Waals surface area (Å²) in [6.07, 6.45) is 7.12. The highest BCUT2D eigenvalue weighted by Gasteiger charge is 2.51. The van der Waals surface area contributed by atoms with Crippen molar-refractivity contribution in [3.8, 4) is 0 Å². The van der Waals surface area contributed by atoms with Crippen molar-refractivity contribution >= 4 is 17.8 Å². The first kappa shape index (κ1) is 21.8. The second-order valence-corrected chi connectivity index (χ2v) is 10.2. The van der Waals surface area contributed by atoms with E-state index in [9.17, 15) is 14.4 Å². The van der Waals surface area contributed by atoms with E-state index in [1.807, 2.05) is 31.2 Å². The van der Waals surface area contributed by atoms with Crippen molar-refractivity contribution in [1.29, 1.82) is 0 Å². The number of nitrogens with one attached hydrogen (secondary N) is 2. The first-order chi connectivity index (χ1) is 14.8. The van der Waals surface area contributed by atoms with E-state index < -0.39 is 12.1 Å². The van der Waals surface area contributed by atoms with Gasteiger partial charge in [0.25, 0.3) is 5.91 Å². The first-order valence-corrected chi connectivity index (χ1v) is 11.6. The van der Waals surface area contributed by atoms with Gasteiger partial charge in [-0.1, -0.05) is 29.8 Å². The van der Waals surface area contributed by atoms with Gasteiger partial charge in [0.2, 0.25) is 5.91 Å². The van der Waals surface area contributed by atoms with Gasteiger partial charge in [0.1, 0.15) is 6.54 Å². The summed E-state index contributed by atoms with van der Waals surface area (Å²) in [7, 11) is 0. The number of hydrogen-bond acceptors (Lipinski definition) is 4. The fourth-order valence-electron chi connectivity index (χ4n) is 6.41. The van der Waals surface area contributed by atoms with Crippen LogP contribution in [-0.2, 0) is 25.7 Å². The van der Waals surface area contributed by atoms with Crippen molar-refractivity contribution in [2.45, 2.75) is 71.4 Å². The molecule has 0 unspecified atom stereocenters. The van der Waals surface area contributed by atoms with E-state index in [0.29, 0.717) is 13.0 Å². The Morgan fingerprint density at radius 1 is 1.00 bits per heavy atom. The molecule has 0 radical (unpaired) electrons. The van der Waals surface area contributed by atoms with Crippen molar-refractivity contribution in [3.63, 3.8) is 0 Å². The highest BCUT2D eigenvalue weighted by molar-refractivity contribution is 5.86. The summed E-state index contributed by atoms with van der Waals surface area (Å²) in [5.41, 5.74) is 2.28. The minimum absolute atomic E-state index is 0.0737. The van der Waals surface area contributed by atoms with Gasteiger partial charge in [-0.3, -0.25) is 14.4 Å². The summed E-state index contributed by atoms with van der Waals surface area (Å²) in [5, 5.41) is 5.49. The maximum Gasteiger partial charge on any atom is 0.326 e. The van der Waals surface area contributed by atoms with Crippen LogP contribution in [-0.4, -0.2) is 30.4 Å². The molecule has 4 bridgehead atoms. The number of aryl methyl sites for hydroxylation is 1. The predicted octanol–water partition coefficient (Wildman–Crippen LogP) is 3.27. The van der Waals surface area contributed by atoms with Gasteiger partial charge in [-0.25, -0.2) is 0 Å². The van der Waals surface area contributed by atoms with Gasteiger partial charge in [-0.15, -0.1) is 0 Å². The Morgan fingerprint density at radius 2 is 1.58 bits per heavy atom. The molecule has 4 fully saturated rings. The largest absolute Gasteiger partial charge is 0.451 e. The van der Waals surface area contributed by atoms with E-state index in [0.717, 1.165) is 48.1 Å². The maximum absolute atomic E-state index is 12.5. The fourth-order valence-corrected chi connectivity index (χ4v) is 6.41. The number of carbonyl (C=O) groups excluding carboxylic acids is 3. The van der Waals surface area contributed by atoms with Gasteiger partial charge in [0.15, 0.2) is 6.10 Å². The number of rotatable bonds is 8. The average molecular weight is 427 g/mol. The van der Waals surface area contributed by atoms with Crippen LogP contribution in [0, 0.1) is 30.1 Å². The van der Waals surface area contributed by atoms with Gasteiger partial charge in [0.05, 0.1) is 0 Å². The van der Waals surface area contributed by atoms with Crippen molar-refractivity contribution in [2.24, 2.45) is 23.2 Å². The average Bonchev–Trinajstić information content (AvgIpc) is 2.70. The molecule has 0 spiro atoms. The maximum atomic E-state index is 12.5. The highest BCUT2D eigenvalue weighted by Crippen LogP contribution is 2.61. The Morgan fingerprint density at radius 3 is 2.16 bits per heavy atom. The van der Waals surface area contributed by atoms with Crippen molar-refractivity contribution in [2.75, 3.05) is 6.54 Å². The first-order valence-electron chi connectivity index (χ1n) is 11.6. The summed E-state index contributed by atoms with van der Waals surface area (Å²) < 4.78 is 5.20. The van der Waals surface area contributed by atoms with Gasteiger partial charge in [-0.2, -0.15) is 0 Å². The Kier molecular flexibility index (Phi) is 6.35. The molecule has 6 heteroatoms. The van der Waals surface area contributed by atoms with Gasteiger partial charge >= 0.3 is 5.97 Å². The summed E-state index contributed by atoms with van der Waals surface area (Å²) in [4.78, 5) is 36.9. The smallest absolute Gasteiger partial charge is 0.326 e. The molecule has 31 heavy (non-hydrogen) atoms. The van der Waals surface area contributed by atoms with E-state index in [2.05, 4.69) is 10.6 Å². The fraction of sp³-hybridized carbons (Fsp3) is 0.640. The zero-order valence-electron chi connectivity index (χ0n) is 18.6. The Balaban J connectivity index is 1.17. The quantitative estimate of drug-likeness (QED) is 0.625. The van der Waals surface area contributed by atoms with E-state index in [1.165, 1.54) is 19.3 Å². The molecule has 2 amide bonds. The molecular weight excluding hydrogens is 392 g/mol. The molecular formula is C25H34N2O4. The van der Waals surface area contributed by atoms with Crippen LogP contribution >= 0.6 is 0 Å². The summed E-state index contributed by atoms with van der Waals surface area (Å²) in [5.74, 6) is 1.37. The van der Waals surface area contributed by atoms with Gasteiger partial charge < -0.3 is 15.4 Å². The minimum atomic E-state index is -0.905. The van der Waals surface area contributed by atoms with E-state index >= 15 is 0 Å². The molecule has 4 aliphatic rings. The third-order valence-electron chi connectivity index (χ3n) is 7.40. The Labute approximate surface area is 184 Å². The number of esters is 1. The Hall–Kier alpha value is -2.37. The predicted molar refractivity (Wildman–Crippen MR) is 117 cm³/mol. The van der Waals surface area contributed by atoms with Crippen molar-refractivity contribution in [1.82, 2.24) is 10.6 Å². The highest BCUT2D eigenvalue weighted by atomic mass is 16.5. The SMILES string of the molecule is Cc1ccc(CNC(=O)[C@H](C)OC(=O)CNC(=O)CC23CC4CC(CC(C4)C2)C3)cc1.